The molecule has 156 valence electrons. The van der Waals surface area contributed by atoms with Crippen molar-refractivity contribution in [2.45, 2.75) is 72.1 Å². The van der Waals surface area contributed by atoms with E-state index in [1.165, 1.54) is 6.92 Å². The second-order valence-electron chi connectivity index (χ2n) is 8.42. The van der Waals surface area contributed by atoms with E-state index < -0.39 is 35.3 Å². The van der Waals surface area contributed by atoms with Crippen molar-refractivity contribution in [1.82, 2.24) is 5.32 Å². The highest BCUT2D eigenvalue weighted by molar-refractivity contribution is 5.89. The molecule has 1 aromatic rings. The van der Waals surface area contributed by atoms with Gasteiger partial charge in [-0.15, -0.1) is 0 Å². The van der Waals surface area contributed by atoms with Crippen molar-refractivity contribution < 1.29 is 29.0 Å². The average Bonchev–Trinajstić information content (AvgIpc) is 2.49. The van der Waals surface area contributed by atoms with E-state index in [1.807, 2.05) is 0 Å². The van der Waals surface area contributed by atoms with Gasteiger partial charge in [-0.2, -0.15) is 0 Å². The molecule has 3 N–H and O–H groups in total. The first kappa shape index (κ1) is 23.3. The zero-order valence-electron chi connectivity index (χ0n) is 17.5. The van der Waals surface area contributed by atoms with Crippen LogP contribution in [-0.4, -0.2) is 34.5 Å². The molecular weight excluding hydrogens is 364 g/mol. The van der Waals surface area contributed by atoms with E-state index in [0.717, 1.165) is 0 Å². The Bertz CT molecular complexity index is 731. The van der Waals surface area contributed by atoms with Gasteiger partial charge in [0.15, 0.2) is 0 Å². The number of aliphatic carboxylic acids is 1. The molecule has 0 aliphatic heterocycles. The number of nitrogens with one attached hydrogen (secondary N) is 2. The average molecular weight is 394 g/mol. The predicted octanol–water partition coefficient (Wildman–Crippen LogP) is 4.25. The molecule has 1 rings (SSSR count). The van der Waals surface area contributed by atoms with Gasteiger partial charge in [-0.25, -0.2) is 9.59 Å². The van der Waals surface area contributed by atoms with E-state index >= 15 is 0 Å². The highest BCUT2D eigenvalue weighted by Crippen LogP contribution is 2.29. The topological polar surface area (TPSA) is 114 Å². The number of amides is 2. The summed E-state index contributed by atoms with van der Waals surface area (Å²) in [5, 5.41) is 14.6. The maximum absolute atomic E-state index is 12.3. The van der Waals surface area contributed by atoms with Gasteiger partial charge < -0.3 is 19.9 Å². The van der Waals surface area contributed by atoms with Crippen LogP contribution in [0, 0.1) is 0 Å². The Hall–Kier alpha value is -2.77. The van der Waals surface area contributed by atoms with Crippen LogP contribution in [0.15, 0.2) is 18.2 Å². The summed E-state index contributed by atoms with van der Waals surface area (Å²) in [4.78, 5) is 35.7. The standard InChI is InChI=1S/C20H30N2O6/c1-12(16(23)24)14-10-8-9-13(11-21-17(25)27-19(2,3)4)15(14)22-18(26)28-20(5,6)7/h8-10,12H,11H2,1-7H3,(H,21,25)(H,22,26)(H,23,24)/t12-/m0/s1. The van der Waals surface area contributed by atoms with Gasteiger partial charge in [0, 0.05) is 6.54 Å². The van der Waals surface area contributed by atoms with Crippen LogP contribution in [0.2, 0.25) is 0 Å². The van der Waals surface area contributed by atoms with Gasteiger partial charge in [0.25, 0.3) is 0 Å². The summed E-state index contributed by atoms with van der Waals surface area (Å²) in [5.41, 5.74) is -0.139. The molecule has 0 saturated heterocycles. The molecule has 0 spiro atoms. The maximum atomic E-state index is 12.3. The van der Waals surface area contributed by atoms with E-state index in [0.29, 0.717) is 16.8 Å². The Balaban J connectivity index is 3.14. The lowest BCUT2D eigenvalue weighted by atomic mass is 9.96. The van der Waals surface area contributed by atoms with Crippen molar-refractivity contribution in [1.29, 1.82) is 0 Å². The van der Waals surface area contributed by atoms with Gasteiger partial charge in [0.2, 0.25) is 0 Å². The number of hydrogen-bond acceptors (Lipinski definition) is 5. The molecule has 8 nitrogen and oxygen atoms in total. The van der Waals surface area contributed by atoms with Crippen LogP contribution in [0.1, 0.15) is 65.5 Å². The van der Waals surface area contributed by atoms with Crippen LogP contribution in [0.3, 0.4) is 0 Å². The molecule has 0 unspecified atom stereocenters. The Labute approximate surface area is 165 Å². The summed E-state index contributed by atoms with van der Waals surface area (Å²) in [6.45, 7) is 12.0. The molecule has 0 fully saturated rings. The van der Waals surface area contributed by atoms with Crippen LogP contribution in [-0.2, 0) is 20.8 Å². The second-order valence-corrected chi connectivity index (χ2v) is 8.42. The number of para-hydroxylation sites is 1. The molecule has 0 aliphatic carbocycles. The van der Waals surface area contributed by atoms with Crippen LogP contribution in [0.4, 0.5) is 15.3 Å². The van der Waals surface area contributed by atoms with Crippen molar-refractivity contribution in [3.63, 3.8) is 0 Å². The first-order valence-electron chi connectivity index (χ1n) is 9.01. The minimum atomic E-state index is -1.04. The van der Waals surface area contributed by atoms with Crippen LogP contribution < -0.4 is 10.6 Å². The van der Waals surface area contributed by atoms with Crippen molar-refractivity contribution in [2.75, 3.05) is 5.32 Å². The van der Waals surface area contributed by atoms with Gasteiger partial charge >= 0.3 is 18.2 Å². The van der Waals surface area contributed by atoms with E-state index in [4.69, 9.17) is 9.47 Å². The largest absolute Gasteiger partial charge is 0.481 e. The molecular formula is C20H30N2O6. The maximum Gasteiger partial charge on any atom is 0.412 e. The fourth-order valence-corrected chi connectivity index (χ4v) is 2.30. The second kappa shape index (κ2) is 8.95. The van der Waals surface area contributed by atoms with E-state index in [9.17, 15) is 19.5 Å². The van der Waals surface area contributed by atoms with Crippen molar-refractivity contribution in [2.24, 2.45) is 0 Å². The smallest absolute Gasteiger partial charge is 0.412 e. The van der Waals surface area contributed by atoms with Gasteiger partial charge in [0.1, 0.15) is 11.2 Å². The van der Waals surface area contributed by atoms with Gasteiger partial charge in [-0.05, 0) is 59.6 Å². The fraction of sp³-hybridized carbons (Fsp3) is 0.550. The SMILES string of the molecule is C[C@H](C(=O)O)c1cccc(CNC(=O)OC(C)(C)C)c1NC(=O)OC(C)(C)C. The predicted molar refractivity (Wildman–Crippen MR) is 105 cm³/mol. The molecule has 0 radical (unpaired) electrons. The number of benzene rings is 1. The summed E-state index contributed by atoms with van der Waals surface area (Å²) in [6, 6.07) is 4.96. The molecule has 1 atom stereocenters. The Morgan fingerprint density at radius 3 is 2.04 bits per heavy atom. The molecule has 28 heavy (non-hydrogen) atoms. The van der Waals surface area contributed by atoms with Crippen LogP contribution in [0.5, 0.6) is 0 Å². The molecule has 0 bridgehead atoms. The highest BCUT2D eigenvalue weighted by atomic mass is 16.6. The molecule has 2 amide bonds. The van der Waals surface area contributed by atoms with Crippen molar-refractivity contribution in [3.05, 3.63) is 29.3 Å². The first-order chi connectivity index (χ1) is 12.7. The monoisotopic (exact) mass is 394 g/mol. The molecule has 1 aromatic carbocycles. The number of carbonyl (C=O) groups excluding carboxylic acids is 2. The molecule has 0 heterocycles. The molecule has 0 aliphatic rings. The Morgan fingerprint density at radius 2 is 1.54 bits per heavy atom. The van der Waals surface area contributed by atoms with Crippen LogP contribution >= 0.6 is 0 Å². The van der Waals surface area contributed by atoms with E-state index in [2.05, 4.69) is 10.6 Å². The van der Waals surface area contributed by atoms with Crippen molar-refractivity contribution >= 4 is 23.8 Å². The van der Waals surface area contributed by atoms with Crippen molar-refractivity contribution in [3.8, 4) is 0 Å². The Kier molecular flexibility index (Phi) is 7.43. The van der Waals surface area contributed by atoms with Gasteiger partial charge in [-0.1, -0.05) is 18.2 Å². The zero-order chi connectivity index (χ0) is 21.7. The summed E-state index contributed by atoms with van der Waals surface area (Å²) < 4.78 is 10.5. The van der Waals surface area contributed by atoms with Crippen LogP contribution in [0.25, 0.3) is 0 Å². The number of carboxylic acids is 1. The lowest BCUT2D eigenvalue weighted by molar-refractivity contribution is -0.138. The number of alkyl carbamates (subject to hydrolysis) is 1. The minimum absolute atomic E-state index is 0.0419. The van der Waals surface area contributed by atoms with E-state index in [-0.39, 0.29) is 6.54 Å². The molecule has 0 aromatic heterocycles. The lowest BCUT2D eigenvalue weighted by Crippen LogP contribution is -2.32. The first-order valence-corrected chi connectivity index (χ1v) is 9.01. The number of carbonyl (C=O) groups is 3. The number of ether oxygens (including phenoxy) is 2. The molecule has 0 saturated carbocycles. The third kappa shape index (κ3) is 7.85. The quantitative estimate of drug-likeness (QED) is 0.688. The normalized spacial score (nSPS) is 12.7. The summed E-state index contributed by atoms with van der Waals surface area (Å²) >= 11 is 0. The van der Waals surface area contributed by atoms with Gasteiger partial charge in [-0.3, -0.25) is 10.1 Å². The Morgan fingerprint density at radius 1 is 1.00 bits per heavy atom. The number of rotatable bonds is 5. The lowest BCUT2D eigenvalue weighted by Gasteiger charge is -2.23. The third-order valence-electron chi connectivity index (χ3n) is 3.47. The molecule has 8 heteroatoms. The zero-order valence-corrected chi connectivity index (χ0v) is 17.5. The van der Waals surface area contributed by atoms with E-state index in [1.54, 1.807) is 59.7 Å². The number of hydrogen-bond donors (Lipinski definition) is 3. The summed E-state index contributed by atoms with van der Waals surface area (Å²) in [6.07, 6.45) is -1.33. The summed E-state index contributed by atoms with van der Waals surface area (Å²) in [7, 11) is 0. The highest BCUT2D eigenvalue weighted by Gasteiger charge is 2.24. The number of carboxylic acid groups (broad SMARTS) is 1. The minimum Gasteiger partial charge on any atom is -0.481 e. The van der Waals surface area contributed by atoms with Gasteiger partial charge in [0.05, 0.1) is 11.6 Å². The fourth-order valence-electron chi connectivity index (χ4n) is 2.30. The third-order valence-corrected chi connectivity index (χ3v) is 3.47. The number of anilines is 1. The summed E-state index contributed by atoms with van der Waals surface area (Å²) in [5.74, 6) is -1.91.